The number of aromatic hydroxyl groups is 2. The summed E-state index contributed by atoms with van der Waals surface area (Å²) in [7, 11) is 0. The van der Waals surface area contributed by atoms with Crippen LogP contribution in [0.5, 0.6) is 11.5 Å². The molecular formula is C38H48O2. The number of hydrogen-bond acceptors (Lipinski definition) is 2. The first-order valence-corrected chi connectivity index (χ1v) is 14.3. The third-order valence-corrected chi connectivity index (χ3v) is 7.88. The Hall–Kier alpha value is -3.52. The van der Waals surface area contributed by atoms with Gasteiger partial charge in [-0.25, -0.2) is 0 Å². The fourth-order valence-electron chi connectivity index (χ4n) is 5.57. The van der Waals surface area contributed by atoms with Crippen molar-refractivity contribution in [2.24, 2.45) is 0 Å². The number of phenolic OH excluding ortho intramolecular Hbond substituents is 2. The van der Waals surface area contributed by atoms with Crippen molar-refractivity contribution < 1.29 is 10.2 Å². The quantitative estimate of drug-likeness (QED) is 0.254. The SMILES string of the molecule is CC(C)(C)c1cccc(C2(C)CC(C)(C)c3cc(C(C)(C)C)ccc32)c1.Oc1ccccc1.Oc1ccccc1. The highest BCUT2D eigenvalue weighted by molar-refractivity contribution is 5.54. The molecule has 0 amide bonds. The molecule has 2 heteroatoms. The van der Waals surface area contributed by atoms with E-state index in [-0.39, 0.29) is 21.7 Å². The van der Waals surface area contributed by atoms with E-state index in [9.17, 15) is 0 Å². The van der Waals surface area contributed by atoms with Gasteiger partial charge in [0.2, 0.25) is 0 Å². The Morgan fingerprint density at radius 1 is 0.525 bits per heavy atom. The molecule has 1 unspecified atom stereocenters. The molecule has 1 atom stereocenters. The van der Waals surface area contributed by atoms with Crippen LogP contribution >= 0.6 is 0 Å². The lowest BCUT2D eigenvalue weighted by molar-refractivity contribution is 0.424. The monoisotopic (exact) mass is 536 g/mol. The van der Waals surface area contributed by atoms with Crippen LogP contribution in [0.2, 0.25) is 0 Å². The number of para-hydroxylation sites is 2. The molecule has 0 saturated heterocycles. The van der Waals surface area contributed by atoms with Crippen molar-refractivity contribution in [3.8, 4) is 11.5 Å². The van der Waals surface area contributed by atoms with E-state index in [0.717, 1.165) is 6.42 Å². The van der Waals surface area contributed by atoms with E-state index in [1.807, 2.05) is 12.1 Å². The van der Waals surface area contributed by atoms with E-state index in [1.165, 1.54) is 27.8 Å². The van der Waals surface area contributed by atoms with Gasteiger partial charge in [0.15, 0.2) is 0 Å². The summed E-state index contributed by atoms with van der Waals surface area (Å²) < 4.78 is 0. The van der Waals surface area contributed by atoms with Gasteiger partial charge in [0, 0.05) is 5.41 Å². The van der Waals surface area contributed by atoms with E-state index < -0.39 is 0 Å². The summed E-state index contributed by atoms with van der Waals surface area (Å²) in [6.45, 7) is 21.1. The van der Waals surface area contributed by atoms with Crippen LogP contribution in [0.15, 0.2) is 103 Å². The Morgan fingerprint density at radius 2 is 1.00 bits per heavy atom. The summed E-state index contributed by atoms with van der Waals surface area (Å²) in [5, 5.41) is 17.3. The Labute approximate surface area is 242 Å². The van der Waals surface area contributed by atoms with Crippen LogP contribution in [0.25, 0.3) is 0 Å². The zero-order valence-corrected chi connectivity index (χ0v) is 25.9. The molecule has 1 aliphatic carbocycles. The maximum Gasteiger partial charge on any atom is 0.115 e. The van der Waals surface area contributed by atoms with E-state index in [2.05, 4.69) is 105 Å². The van der Waals surface area contributed by atoms with Gasteiger partial charge in [-0.3, -0.25) is 0 Å². The topological polar surface area (TPSA) is 40.5 Å². The number of benzene rings is 4. The number of rotatable bonds is 1. The van der Waals surface area contributed by atoms with Crippen molar-refractivity contribution in [1.82, 2.24) is 0 Å². The fraction of sp³-hybridized carbons (Fsp3) is 0.368. The Morgan fingerprint density at radius 3 is 1.43 bits per heavy atom. The average molecular weight is 537 g/mol. The van der Waals surface area contributed by atoms with Crippen LogP contribution in [-0.2, 0) is 21.7 Å². The van der Waals surface area contributed by atoms with Gasteiger partial charge in [0.1, 0.15) is 11.5 Å². The lowest BCUT2D eigenvalue weighted by atomic mass is 9.73. The molecule has 0 bridgehead atoms. The normalized spacial score (nSPS) is 17.5. The van der Waals surface area contributed by atoms with Gasteiger partial charge in [0.25, 0.3) is 0 Å². The molecule has 0 aromatic heterocycles. The molecule has 4 aromatic rings. The van der Waals surface area contributed by atoms with Gasteiger partial charge in [-0.1, -0.05) is 141 Å². The molecule has 4 aromatic carbocycles. The zero-order valence-electron chi connectivity index (χ0n) is 25.9. The highest BCUT2D eigenvalue weighted by Crippen LogP contribution is 2.53. The molecule has 0 saturated carbocycles. The number of fused-ring (bicyclic) bond motifs is 1. The molecule has 0 fully saturated rings. The van der Waals surface area contributed by atoms with Crippen LogP contribution in [0.3, 0.4) is 0 Å². The standard InChI is InChI=1S/C26H36.2C6H6O/c1-23(2,3)18-11-10-12-20(15-18)26(9)17-25(7,8)22-16-19(24(4,5)6)13-14-21(22)26;2*7-6-4-2-1-3-5-6/h10-16H,17H2,1-9H3;2*1-5,7H. The maximum atomic E-state index is 8.63. The van der Waals surface area contributed by atoms with Crippen molar-refractivity contribution in [2.45, 2.75) is 90.4 Å². The van der Waals surface area contributed by atoms with Gasteiger partial charge in [-0.15, -0.1) is 0 Å². The molecule has 40 heavy (non-hydrogen) atoms. The summed E-state index contributed by atoms with van der Waals surface area (Å²) in [5.41, 5.74) is 8.02. The summed E-state index contributed by atoms with van der Waals surface area (Å²) >= 11 is 0. The molecular weight excluding hydrogens is 488 g/mol. The maximum absolute atomic E-state index is 8.63. The summed E-state index contributed by atoms with van der Waals surface area (Å²) in [6, 6.07) is 34.0. The van der Waals surface area contributed by atoms with Crippen LogP contribution in [-0.4, -0.2) is 10.2 Å². The van der Waals surface area contributed by atoms with Crippen molar-refractivity contribution in [3.05, 3.63) is 131 Å². The minimum atomic E-state index is 0.0799. The van der Waals surface area contributed by atoms with Gasteiger partial charge < -0.3 is 10.2 Å². The molecule has 212 valence electrons. The van der Waals surface area contributed by atoms with Crippen molar-refractivity contribution in [2.75, 3.05) is 0 Å². The number of hydrogen-bond donors (Lipinski definition) is 2. The third-order valence-electron chi connectivity index (χ3n) is 7.88. The van der Waals surface area contributed by atoms with Crippen LogP contribution in [0.4, 0.5) is 0 Å². The van der Waals surface area contributed by atoms with Crippen molar-refractivity contribution >= 4 is 0 Å². The predicted molar refractivity (Wildman–Crippen MR) is 171 cm³/mol. The van der Waals surface area contributed by atoms with Gasteiger partial charge in [-0.05, 0) is 74.7 Å². The highest BCUT2D eigenvalue weighted by Gasteiger charge is 2.46. The smallest absolute Gasteiger partial charge is 0.115 e. The molecule has 0 spiro atoms. The fourth-order valence-corrected chi connectivity index (χ4v) is 5.57. The minimum Gasteiger partial charge on any atom is -0.508 e. The molecule has 0 aliphatic heterocycles. The molecule has 1 aliphatic rings. The first kappa shape index (κ1) is 31.0. The average Bonchev–Trinajstić information content (AvgIpc) is 3.10. The Balaban J connectivity index is 0.000000255. The third kappa shape index (κ3) is 7.56. The Bertz CT molecular complexity index is 1340. The first-order chi connectivity index (χ1) is 18.5. The van der Waals surface area contributed by atoms with E-state index in [0.29, 0.717) is 11.5 Å². The largest absolute Gasteiger partial charge is 0.508 e. The molecule has 0 radical (unpaired) electrons. The number of phenols is 2. The molecule has 2 N–H and O–H groups in total. The summed E-state index contributed by atoms with van der Waals surface area (Å²) in [6.07, 6.45) is 1.16. The minimum absolute atomic E-state index is 0.0799. The second-order valence-corrected chi connectivity index (χ2v) is 13.9. The second-order valence-electron chi connectivity index (χ2n) is 13.9. The molecule has 0 heterocycles. The predicted octanol–water partition coefficient (Wildman–Crippen LogP) is 10.1. The van der Waals surface area contributed by atoms with Gasteiger partial charge >= 0.3 is 0 Å². The van der Waals surface area contributed by atoms with Gasteiger partial charge in [-0.2, -0.15) is 0 Å². The van der Waals surface area contributed by atoms with Crippen molar-refractivity contribution in [3.63, 3.8) is 0 Å². The van der Waals surface area contributed by atoms with E-state index in [1.54, 1.807) is 48.5 Å². The van der Waals surface area contributed by atoms with E-state index in [4.69, 9.17) is 10.2 Å². The zero-order chi connectivity index (χ0) is 29.8. The summed E-state index contributed by atoms with van der Waals surface area (Å²) in [5.74, 6) is 0.644. The second kappa shape index (κ2) is 11.9. The molecule has 5 rings (SSSR count). The lowest BCUT2D eigenvalue weighted by Gasteiger charge is -2.30. The lowest BCUT2D eigenvalue weighted by Crippen LogP contribution is -2.24. The molecule has 2 nitrogen and oxygen atoms in total. The van der Waals surface area contributed by atoms with Crippen molar-refractivity contribution in [1.29, 1.82) is 0 Å². The summed E-state index contributed by atoms with van der Waals surface area (Å²) in [4.78, 5) is 0. The van der Waals surface area contributed by atoms with E-state index >= 15 is 0 Å². The van der Waals surface area contributed by atoms with Crippen LogP contribution < -0.4 is 0 Å². The van der Waals surface area contributed by atoms with Gasteiger partial charge in [0.05, 0.1) is 0 Å². The van der Waals surface area contributed by atoms with Crippen LogP contribution in [0, 0.1) is 0 Å². The first-order valence-electron chi connectivity index (χ1n) is 14.3. The highest BCUT2D eigenvalue weighted by atomic mass is 16.3. The van der Waals surface area contributed by atoms with Crippen LogP contribution in [0.1, 0.15) is 96.6 Å². The Kier molecular flexibility index (Phi) is 9.24.